The number of rotatable bonds is 4. The van der Waals surface area contributed by atoms with Gasteiger partial charge in [0.1, 0.15) is 17.4 Å². The van der Waals surface area contributed by atoms with Gasteiger partial charge in [-0.3, -0.25) is 4.79 Å². The van der Waals surface area contributed by atoms with Gasteiger partial charge in [0.15, 0.2) is 0 Å². The monoisotopic (exact) mass is 459 g/mol. The normalized spacial score (nSPS) is 16.3. The number of fused-ring (bicyclic) bond motifs is 2. The molecule has 178 valence electrons. The fraction of sp³-hybridized carbons (Fsp3) is 0.444. The predicted octanol–water partition coefficient (Wildman–Crippen LogP) is 4.08. The number of anilines is 2. The zero-order chi connectivity index (χ0) is 23.8. The quantitative estimate of drug-likeness (QED) is 0.634. The Bertz CT molecular complexity index is 1220. The highest BCUT2D eigenvalue weighted by Gasteiger charge is 2.29. The molecule has 0 aliphatic carbocycles. The second-order valence-corrected chi connectivity index (χ2v) is 9.56. The van der Waals surface area contributed by atoms with Crippen molar-refractivity contribution in [3.8, 4) is 5.75 Å². The topological polar surface area (TPSA) is 72.8 Å². The Balaban J connectivity index is 1.48. The molecule has 1 amide bonds. The molecule has 2 aromatic carbocycles. The highest BCUT2D eigenvalue weighted by Crippen LogP contribution is 2.36. The average molecular weight is 460 g/mol. The fourth-order valence-corrected chi connectivity index (χ4v) is 5.08. The van der Waals surface area contributed by atoms with Crippen LogP contribution in [0.4, 0.5) is 11.5 Å². The van der Waals surface area contributed by atoms with Crippen LogP contribution in [0, 0.1) is 0 Å². The van der Waals surface area contributed by atoms with Gasteiger partial charge in [-0.15, -0.1) is 0 Å². The lowest BCUT2D eigenvalue weighted by molar-refractivity contribution is -0.131. The Labute approximate surface area is 201 Å². The molecule has 5 rings (SSSR count). The molecule has 1 aromatic heterocycles. The van der Waals surface area contributed by atoms with Crippen LogP contribution in [0.3, 0.4) is 0 Å². The summed E-state index contributed by atoms with van der Waals surface area (Å²) in [6, 6.07) is 11.9. The number of phenolic OH excluding ortho intramolecular Hbond substituents is 1. The number of carbonyl (C=O) groups is 1. The predicted molar refractivity (Wildman–Crippen MR) is 136 cm³/mol. The van der Waals surface area contributed by atoms with E-state index in [0.29, 0.717) is 13.0 Å². The Kier molecular flexibility index (Phi) is 6.02. The summed E-state index contributed by atoms with van der Waals surface area (Å²) in [5, 5.41) is 12.5. The summed E-state index contributed by atoms with van der Waals surface area (Å²) in [6.07, 6.45) is 1.40. The number of phenols is 1. The van der Waals surface area contributed by atoms with Crippen LogP contribution in [0.1, 0.15) is 50.2 Å². The molecule has 1 N–H and O–H groups in total. The van der Waals surface area contributed by atoms with Crippen molar-refractivity contribution in [2.24, 2.45) is 0 Å². The van der Waals surface area contributed by atoms with E-state index in [1.165, 1.54) is 5.56 Å². The summed E-state index contributed by atoms with van der Waals surface area (Å²) in [6.45, 7) is 10.8. The zero-order valence-electron chi connectivity index (χ0n) is 20.3. The number of piperazine rings is 1. The fourth-order valence-electron chi connectivity index (χ4n) is 5.08. The largest absolute Gasteiger partial charge is 0.508 e. The third-order valence-corrected chi connectivity index (χ3v) is 6.98. The lowest BCUT2D eigenvalue weighted by atomic mass is 10.0. The van der Waals surface area contributed by atoms with Crippen LogP contribution in [0.15, 0.2) is 36.4 Å². The number of benzene rings is 2. The number of hydrogen-bond acceptors (Lipinski definition) is 6. The van der Waals surface area contributed by atoms with Crippen LogP contribution >= 0.6 is 0 Å². The molecule has 1 saturated heterocycles. The molecule has 0 atom stereocenters. The van der Waals surface area contributed by atoms with Gasteiger partial charge in [-0.25, -0.2) is 9.97 Å². The molecule has 0 spiro atoms. The molecular formula is C27H33N5O2. The first-order valence-corrected chi connectivity index (χ1v) is 12.3. The van der Waals surface area contributed by atoms with E-state index in [-0.39, 0.29) is 17.6 Å². The first-order valence-electron chi connectivity index (χ1n) is 12.3. The number of hydrogen-bond donors (Lipinski definition) is 1. The van der Waals surface area contributed by atoms with Gasteiger partial charge in [0.2, 0.25) is 5.91 Å². The van der Waals surface area contributed by atoms with Crippen molar-refractivity contribution >= 4 is 28.2 Å². The summed E-state index contributed by atoms with van der Waals surface area (Å²) in [5.74, 6) is 2.64. The van der Waals surface area contributed by atoms with Gasteiger partial charge in [0, 0.05) is 67.8 Å². The molecule has 7 heteroatoms. The van der Waals surface area contributed by atoms with Crippen LogP contribution < -0.4 is 9.80 Å². The maximum atomic E-state index is 12.1. The SMILES string of the molecule is CCC(=O)N1CCN(c2nc(C(C)C)nc3c2CCN(c2cc(O)cc4ccccc24)C3)CC1. The molecule has 0 unspecified atom stereocenters. The number of carbonyl (C=O) groups excluding carboxylic acids is 1. The molecule has 3 aromatic rings. The first kappa shape index (κ1) is 22.4. The van der Waals surface area contributed by atoms with E-state index in [4.69, 9.17) is 9.97 Å². The van der Waals surface area contributed by atoms with Gasteiger partial charge in [-0.1, -0.05) is 45.0 Å². The third-order valence-electron chi connectivity index (χ3n) is 6.98. The Morgan fingerprint density at radius 2 is 1.79 bits per heavy atom. The Morgan fingerprint density at radius 1 is 1.03 bits per heavy atom. The number of aromatic hydroxyl groups is 1. The van der Waals surface area contributed by atoms with E-state index >= 15 is 0 Å². The van der Waals surface area contributed by atoms with Gasteiger partial charge < -0.3 is 19.8 Å². The van der Waals surface area contributed by atoms with E-state index in [9.17, 15) is 9.90 Å². The van der Waals surface area contributed by atoms with E-state index in [1.807, 2.05) is 42.2 Å². The highest BCUT2D eigenvalue weighted by atomic mass is 16.3. The number of amides is 1. The number of aromatic nitrogens is 2. The second kappa shape index (κ2) is 9.12. The van der Waals surface area contributed by atoms with Crippen LogP contribution in [-0.4, -0.2) is 58.6 Å². The van der Waals surface area contributed by atoms with Gasteiger partial charge >= 0.3 is 0 Å². The molecule has 1 fully saturated rings. The van der Waals surface area contributed by atoms with Gasteiger partial charge in [-0.2, -0.15) is 0 Å². The van der Waals surface area contributed by atoms with Crippen LogP contribution in [-0.2, 0) is 17.8 Å². The maximum absolute atomic E-state index is 12.1. The summed E-state index contributed by atoms with van der Waals surface area (Å²) in [4.78, 5) is 28.8. The molecule has 3 heterocycles. The van der Waals surface area contributed by atoms with E-state index in [0.717, 1.165) is 72.9 Å². The van der Waals surface area contributed by atoms with Crippen LogP contribution in [0.2, 0.25) is 0 Å². The molecule has 0 bridgehead atoms. The average Bonchev–Trinajstić information content (AvgIpc) is 2.86. The zero-order valence-corrected chi connectivity index (χ0v) is 20.3. The van der Waals surface area contributed by atoms with Crippen molar-refractivity contribution < 1.29 is 9.90 Å². The van der Waals surface area contributed by atoms with Crippen LogP contribution in [0.25, 0.3) is 10.8 Å². The minimum atomic E-state index is 0.223. The minimum absolute atomic E-state index is 0.223. The summed E-state index contributed by atoms with van der Waals surface area (Å²) in [7, 11) is 0. The van der Waals surface area contributed by atoms with E-state index in [1.54, 1.807) is 0 Å². The molecule has 34 heavy (non-hydrogen) atoms. The van der Waals surface area contributed by atoms with Crippen molar-refractivity contribution in [3.63, 3.8) is 0 Å². The van der Waals surface area contributed by atoms with E-state index < -0.39 is 0 Å². The van der Waals surface area contributed by atoms with Gasteiger partial charge in [0.05, 0.1) is 12.2 Å². The minimum Gasteiger partial charge on any atom is -0.508 e. The third kappa shape index (κ3) is 4.15. The smallest absolute Gasteiger partial charge is 0.222 e. The summed E-state index contributed by atoms with van der Waals surface area (Å²) >= 11 is 0. The lowest BCUT2D eigenvalue weighted by Crippen LogP contribution is -2.49. The molecule has 7 nitrogen and oxygen atoms in total. The standard InChI is InChI=1S/C27H33N5O2/c1-4-25(34)30-11-13-31(14-12-30)27-22-9-10-32(17-23(22)28-26(29-27)18(2)3)24-16-20(33)15-19-7-5-6-8-21(19)24/h5-8,15-16,18,33H,4,9-14,17H2,1-3H3. The molecular weight excluding hydrogens is 426 g/mol. The van der Waals surface area contributed by atoms with Crippen molar-refractivity contribution in [2.75, 3.05) is 42.5 Å². The number of nitrogens with zero attached hydrogens (tertiary/aromatic N) is 5. The van der Waals surface area contributed by atoms with E-state index in [2.05, 4.69) is 29.7 Å². The summed E-state index contributed by atoms with van der Waals surface area (Å²) in [5.41, 5.74) is 3.33. The van der Waals surface area contributed by atoms with Crippen LogP contribution in [0.5, 0.6) is 5.75 Å². The van der Waals surface area contributed by atoms with Gasteiger partial charge in [-0.05, 0) is 17.9 Å². The summed E-state index contributed by atoms with van der Waals surface area (Å²) < 4.78 is 0. The van der Waals surface area contributed by atoms with Gasteiger partial charge in [0.25, 0.3) is 0 Å². The molecule has 2 aliphatic rings. The maximum Gasteiger partial charge on any atom is 0.222 e. The highest BCUT2D eigenvalue weighted by molar-refractivity contribution is 5.95. The second-order valence-electron chi connectivity index (χ2n) is 9.56. The van der Waals surface area contributed by atoms with Crippen molar-refractivity contribution in [3.05, 3.63) is 53.5 Å². The van der Waals surface area contributed by atoms with Crippen molar-refractivity contribution in [1.29, 1.82) is 0 Å². The lowest BCUT2D eigenvalue weighted by Gasteiger charge is -2.38. The molecule has 0 saturated carbocycles. The Hall–Kier alpha value is -3.35. The van der Waals surface area contributed by atoms with Crippen molar-refractivity contribution in [2.45, 2.75) is 46.1 Å². The Morgan fingerprint density at radius 3 is 2.53 bits per heavy atom. The molecule has 0 radical (unpaired) electrons. The first-order chi connectivity index (χ1) is 16.4. The van der Waals surface area contributed by atoms with Crippen molar-refractivity contribution in [1.82, 2.24) is 14.9 Å². The molecule has 2 aliphatic heterocycles.